The van der Waals surface area contributed by atoms with Gasteiger partial charge in [-0.2, -0.15) is 4.31 Å². The van der Waals surface area contributed by atoms with Crippen LogP contribution >= 0.6 is 11.8 Å². The number of piperidine rings is 1. The summed E-state index contributed by atoms with van der Waals surface area (Å²) in [6, 6.07) is 4.46. The highest BCUT2D eigenvalue weighted by molar-refractivity contribution is 8.00. The van der Waals surface area contributed by atoms with E-state index in [0.29, 0.717) is 30.3 Å². The number of imidazole rings is 1. The normalized spacial score (nSPS) is 16.5. The molecule has 9 nitrogen and oxygen atoms in total. The number of hydrogen-bond donors (Lipinski definition) is 2. The molecule has 0 saturated carbocycles. The summed E-state index contributed by atoms with van der Waals surface area (Å²) in [6.45, 7) is 10.9. The molecule has 0 aliphatic carbocycles. The molecule has 0 spiro atoms. The molecular formula is C22H33N5O4S2. The number of amides is 3. The second-order valence-corrected chi connectivity index (χ2v) is 12.5. The average molecular weight is 496 g/mol. The first-order valence-electron chi connectivity index (χ1n) is 11.2. The van der Waals surface area contributed by atoms with Gasteiger partial charge in [-0.05, 0) is 65.7 Å². The molecule has 33 heavy (non-hydrogen) atoms. The Morgan fingerprint density at radius 3 is 2.45 bits per heavy atom. The number of carbonyl (C=O) groups is 2. The second kappa shape index (κ2) is 10.0. The van der Waals surface area contributed by atoms with E-state index < -0.39 is 32.8 Å². The van der Waals surface area contributed by atoms with E-state index in [-0.39, 0.29) is 4.90 Å². The van der Waals surface area contributed by atoms with Gasteiger partial charge in [0.25, 0.3) is 0 Å². The van der Waals surface area contributed by atoms with Crippen molar-refractivity contribution in [2.75, 3.05) is 13.1 Å². The van der Waals surface area contributed by atoms with Gasteiger partial charge in [-0.15, -0.1) is 0 Å². The van der Waals surface area contributed by atoms with Crippen LogP contribution in [-0.4, -0.2) is 58.1 Å². The number of aromatic nitrogens is 2. The number of sulfonamides is 1. The van der Waals surface area contributed by atoms with E-state index in [1.165, 1.54) is 11.8 Å². The topological polar surface area (TPSA) is 113 Å². The van der Waals surface area contributed by atoms with E-state index in [2.05, 4.69) is 15.6 Å². The van der Waals surface area contributed by atoms with Gasteiger partial charge in [-0.1, -0.05) is 18.2 Å². The van der Waals surface area contributed by atoms with E-state index in [4.69, 9.17) is 0 Å². The monoisotopic (exact) mass is 495 g/mol. The molecule has 1 unspecified atom stereocenters. The molecule has 2 aromatic rings. The zero-order chi connectivity index (χ0) is 24.4. The van der Waals surface area contributed by atoms with Gasteiger partial charge in [0.2, 0.25) is 15.9 Å². The molecule has 1 saturated heterocycles. The van der Waals surface area contributed by atoms with Crippen LogP contribution < -0.4 is 10.6 Å². The lowest BCUT2D eigenvalue weighted by molar-refractivity contribution is -0.119. The third kappa shape index (κ3) is 6.07. The standard InChI is InChI=1S/C22H33N5O4S2/c1-6-27-18-11-10-16(33(30,31)26-12-8-7-9-13-26)14-17(18)23-21(27)32-15(2)19(28)24-20(29)25-22(3,4)5/h10-11,14-15H,6-9,12-13H2,1-5H3,(H2,24,25,28,29). The van der Waals surface area contributed by atoms with Gasteiger partial charge in [-0.25, -0.2) is 18.2 Å². The highest BCUT2D eigenvalue weighted by atomic mass is 32.2. The predicted molar refractivity (Wildman–Crippen MR) is 130 cm³/mol. The highest BCUT2D eigenvalue weighted by Gasteiger charge is 2.27. The molecular weight excluding hydrogens is 462 g/mol. The van der Waals surface area contributed by atoms with E-state index in [0.717, 1.165) is 24.8 Å². The van der Waals surface area contributed by atoms with Crippen molar-refractivity contribution in [3.05, 3.63) is 18.2 Å². The lowest BCUT2D eigenvalue weighted by atomic mass is 10.1. The third-order valence-electron chi connectivity index (χ3n) is 5.33. The van der Waals surface area contributed by atoms with Crippen molar-refractivity contribution in [1.82, 2.24) is 24.5 Å². The fourth-order valence-corrected chi connectivity index (χ4v) is 6.22. The Bertz CT molecular complexity index is 1130. The predicted octanol–water partition coefficient (Wildman–Crippen LogP) is 3.34. The average Bonchev–Trinajstić information content (AvgIpc) is 3.08. The fourth-order valence-electron chi connectivity index (χ4n) is 3.69. The van der Waals surface area contributed by atoms with Crippen LogP contribution in [0.5, 0.6) is 0 Å². The molecule has 1 aliphatic heterocycles. The molecule has 1 aromatic carbocycles. The molecule has 11 heteroatoms. The number of imide groups is 1. The van der Waals surface area contributed by atoms with Crippen molar-refractivity contribution in [3.8, 4) is 0 Å². The highest BCUT2D eigenvalue weighted by Crippen LogP contribution is 2.30. The van der Waals surface area contributed by atoms with Crippen molar-refractivity contribution >= 4 is 44.8 Å². The number of aryl methyl sites for hydroxylation is 1. The zero-order valence-electron chi connectivity index (χ0n) is 19.8. The third-order valence-corrected chi connectivity index (χ3v) is 8.32. The minimum absolute atomic E-state index is 0.235. The van der Waals surface area contributed by atoms with Gasteiger partial charge in [0.1, 0.15) is 0 Å². The van der Waals surface area contributed by atoms with Crippen LogP contribution in [0, 0.1) is 0 Å². The number of benzene rings is 1. The summed E-state index contributed by atoms with van der Waals surface area (Å²) in [5, 5.41) is 5.08. The first-order valence-corrected chi connectivity index (χ1v) is 13.5. The second-order valence-electron chi connectivity index (χ2n) is 9.21. The van der Waals surface area contributed by atoms with Gasteiger partial charge >= 0.3 is 6.03 Å². The fraction of sp³-hybridized carbons (Fsp3) is 0.591. The van der Waals surface area contributed by atoms with E-state index >= 15 is 0 Å². The Morgan fingerprint density at radius 1 is 1.18 bits per heavy atom. The summed E-state index contributed by atoms with van der Waals surface area (Å²) >= 11 is 1.23. The van der Waals surface area contributed by atoms with Crippen LogP contribution in [0.25, 0.3) is 11.0 Å². The van der Waals surface area contributed by atoms with E-state index in [9.17, 15) is 18.0 Å². The molecule has 1 aliphatic rings. The minimum atomic E-state index is -3.56. The van der Waals surface area contributed by atoms with Crippen LogP contribution in [0.3, 0.4) is 0 Å². The van der Waals surface area contributed by atoms with Crippen LogP contribution in [0.4, 0.5) is 4.79 Å². The summed E-state index contributed by atoms with van der Waals surface area (Å²) in [5.41, 5.74) is 0.912. The van der Waals surface area contributed by atoms with Crippen LogP contribution in [0.2, 0.25) is 0 Å². The maximum absolute atomic E-state index is 13.1. The van der Waals surface area contributed by atoms with Gasteiger partial charge < -0.3 is 9.88 Å². The summed E-state index contributed by atoms with van der Waals surface area (Å²) in [6.07, 6.45) is 2.80. The van der Waals surface area contributed by atoms with Crippen molar-refractivity contribution in [3.63, 3.8) is 0 Å². The van der Waals surface area contributed by atoms with Crippen LogP contribution in [0.1, 0.15) is 53.9 Å². The maximum Gasteiger partial charge on any atom is 0.321 e. The van der Waals surface area contributed by atoms with Crippen LogP contribution in [0.15, 0.2) is 28.3 Å². The van der Waals surface area contributed by atoms with Crippen molar-refractivity contribution in [1.29, 1.82) is 0 Å². The molecule has 1 aromatic heterocycles. The Hall–Kier alpha value is -2.11. The zero-order valence-corrected chi connectivity index (χ0v) is 21.5. The largest absolute Gasteiger partial charge is 0.333 e. The van der Waals surface area contributed by atoms with Crippen molar-refractivity contribution < 1.29 is 18.0 Å². The molecule has 0 radical (unpaired) electrons. The first kappa shape index (κ1) is 25.5. The molecule has 182 valence electrons. The number of urea groups is 1. The van der Waals surface area contributed by atoms with E-state index in [1.807, 2.05) is 32.3 Å². The number of carbonyl (C=O) groups excluding carboxylic acids is 2. The number of nitrogens with one attached hydrogen (secondary N) is 2. The van der Waals surface area contributed by atoms with Crippen LogP contribution in [-0.2, 0) is 21.4 Å². The molecule has 3 amide bonds. The SMILES string of the molecule is CCn1c(SC(C)C(=O)NC(=O)NC(C)(C)C)nc2cc(S(=O)(=O)N3CCCCC3)ccc21. The Labute approximate surface area is 199 Å². The lowest BCUT2D eigenvalue weighted by Gasteiger charge is -2.25. The molecule has 1 atom stereocenters. The van der Waals surface area contributed by atoms with Gasteiger partial charge in [0.15, 0.2) is 5.16 Å². The van der Waals surface area contributed by atoms with E-state index in [1.54, 1.807) is 29.4 Å². The number of fused-ring (bicyclic) bond motifs is 1. The summed E-state index contributed by atoms with van der Waals surface area (Å²) in [7, 11) is -3.56. The summed E-state index contributed by atoms with van der Waals surface area (Å²) < 4.78 is 29.6. The molecule has 0 bridgehead atoms. The maximum atomic E-state index is 13.1. The Kier molecular flexibility index (Phi) is 7.75. The number of thioether (sulfide) groups is 1. The smallest absolute Gasteiger partial charge is 0.321 e. The quantitative estimate of drug-likeness (QED) is 0.594. The molecule has 3 rings (SSSR count). The van der Waals surface area contributed by atoms with Gasteiger partial charge in [0.05, 0.1) is 21.2 Å². The molecule has 2 heterocycles. The molecule has 1 fully saturated rings. The summed E-state index contributed by atoms with van der Waals surface area (Å²) in [4.78, 5) is 29.4. The summed E-state index contributed by atoms with van der Waals surface area (Å²) in [5.74, 6) is -0.426. The first-order chi connectivity index (χ1) is 15.4. The minimum Gasteiger partial charge on any atom is -0.333 e. The Balaban J connectivity index is 1.81. The Morgan fingerprint density at radius 2 is 1.85 bits per heavy atom. The number of hydrogen-bond acceptors (Lipinski definition) is 6. The lowest BCUT2D eigenvalue weighted by Crippen LogP contribution is -2.49. The number of nitrogens with zero attached hydrogens (tertiary/aromatic N) is 3. The number of rotatable bonds is 6. The van der Waals surface area contributed by atoms with Gasteiger partial charge in [-0.3, -0.25) is 10.1 Å². The van der Waals surface area contributed by atoms with Gasteiger partial charge in [0, 0.05) is 25.2 Å². The molecule has 2 N–H and O–H groups in total. The van der Waals surface area contributed by atoms with Crippen molar-refractivity contribution in [2.45, 2.75) is 81.3 Å². The van der Waals surface area contributed by atoms with Crippen molar-refractivity contribution in [2.24, 2.45) is 0 Å².